The molecule has 0 radical (unpaired) electrons. The molecule has 0 aliphatic carbocycles. The van der Waals surface area contributed by atoms with Crippen molar-refractivity contribution in [3.63, 3.8) is 0 Å². The van der Waals surface area contributed by atoms with Crippen LogP contribution in [0.2, 0.25) is 0 Å². The molecular formula is C13H11FN2S. The number of benzene rings is 1. The highest BCUT2D eigenvalue weighted by atomic mass is 32.1. The van der Waals surface area contributed by atoms with Gasteiger partial charge in [-0.3, -0.25) is 0 Å². The summed E-state index contributed by atoms with van der Waals surface area (Å²) >= 11 is 1.46. The van der Waals surface area contributed by atoms with Crippen LogP contribution in [0.5, 0.6) is 0 Å². The maximum Gasteiger partial charge on any atom is 0.133 e. The molecule has 0 amide bonds. The van der Waals surface area contributed by atoms with E-state index in [4.69, 9.17) is 5.26 Å². The molecule has 0 saturated heterocycles. The number of nitrogens with zero attached hydrogens (tertiary/aromatic N) is 2. The SMILES string of the molecule is Cc1nc(-c2ccccc2F)sc1CCC#N. The Labute approximate surface area is 103 Å². The summed E-state index contributed by atoms with van der Waals surface area (Å²) in [7, 11) is 0. The lowest BCUT2D eigenvalue weighted by molar-refractivity contribution is 0.631. The Bertz CT molecular complexity index is 569. The first-order valence-corrected chi connectivity index (χ1v) is 6.12. The molecule has 0 aliphatic rings. The van der Waals surface area contributed by atoms with Crippen LogP contribution in [0.25, 0.3) is 10.6 Å². The second-order valence-corrected chi connectivity index (χ2v) is 4.75. The van der Waals surface area contributed by atoms with Gasteiger partial charge in [-0.05, 0) is 25.5 Å². The lowest BCUT2D eigenvalue weighted by Gasteiger charge is -1.96. The van der Waals surface area contributed by atoms with E-state index in [2.05, 4.69) is 11.1 Å². The summed E-state index contributed by atoms with van der Waals surface area (Å²) in [6.45, 7) is 1.90. The zero-order valence-electron chi connectivity index (χ0n) is 9.40. The van der Waals surface area contributed by atoms with Crippen LogP contribution in [-0.2, 0) is 6.42 Å². The normalized spacial score (nSPS) is 10.2. The molecule has 1 aromatic carbocycles. The van der Waals surface area contributed by atoms with Crippen molar-refractivity contribution in [1.29, 1.82) is 5.26 Å². The van der Waals surface area contributed by atoms with Gasteiger partial charge in [-0.2, -0.15) is 5.26 Å². The number of hydrogen-bond acceptors (Lipinski definition) is 3. The van der Waals surface area contributed by atoms with Crippen LogP contribution in [-0.4, -0.2) is 4.98 Å². The average Bonchev–Trinajstić information content (AvgIpc) is 2.68. The van der Waals surface area contributed by atoms with E-state index in [0.717, 1.165) is 10.6 Å². The van der Waals surface area contributed by atoms with Crippen molar-refractivity contribution in [3.05, 3.63) is 40.7 Å². The third-order valence-electron chi connectivity index (χ3n) is 2.46. The summed E-state index contributed by atoms with van der Waals surface area (Å²) in [5.41, 5.74) is 1.42. The van der Waals surface area contributed by atoms with E-state index in [1.165, 1.54) is 17.4 Å². The van der Waals surface area contributed by atoms with Crippen molar-refractivity contribution >= 4 is 11.3 Å². The molecule has 1 aromatic heterocycles. The number of aryl methyl sites for hydroxylation is 2. The van der Waals surface area contributed by atoms with E-state index in [1.54, 1.807) is 18.2 Å². The molecule has 4 heteroatoms. The molecule has 2 rings (SSSR count). The van der Waals surface area contributed by atoms with Gasteiger partial charge in [0.1, 0.15) is 10.8 Å². The smallest absolute Gasteiger partial charge is 0.133 e. The van der Waals surface area contributed by atoms with Crippen LogP contribution in [0.15, 0.2) is 24.3 Å². The minimum atomic E-state index is -0.256. The van der Waals surface area contributed by atoms with Crippen LogP contribution in [0, 0.1) is 24.1 Å². The second-order valence-electron chi connectivity index (χ2n) is 3.67. The number of nitriles is 1. The van der Waals surface area contributed by atoms with Crippen molar-refractivity contribution in [3.8, 4) is 16.6 Å². The Balaban J connectivity index is 2.35. The first kappa shape index (κ1) is 11.7. The lowest BCUT2D eigenvalue weighted by atomic mass is 10.2. The predicted molar refractivity (Wildman–Crippen MR) is 66.2 cm³/mol. The number of halogens is 1. The van der Waals surface area contributed by atoms with Gasteiger partial charge >= 0.3 is 0 Å². The Kier molecular flexibility index (Phi) is 3.50. The molecule has 17 heavy (non-hydrogen) atoms. The van der Waals surface area contributed by atoms with E-state index in [0.29, 0.717) is 23.4 Å². The molecule has 1 heterocycles. The van der Waals surface area contributed by atoms with Crippen LogP contribution in [0.4, 0.5) is 4.39 Å². The maximum absolute atomic E-state index is 13.6. The fourth-order valence-corrected chi connectivity index (χ4v) is 2.67. The Morgan fingerprint density at radius 1 is 1.41 bits per heavy atom. The highest BCUT2D eigenvalue weighted by Gasteiger charge is 2.11. The van der Waals surface area contributed by atoms with Gasteiger partial charge in [0.2, 0.25) is 0 Å². The van der Waals surface area contributed by atoms with E-state index in [1.807, 2.05) is 6.92 Å². The summed E-state index contributed by atoms with van der Waals surface area (Å²) < 4.78 is 13.6. The number of rotatable bonds is 3. The molecule has 2 aromatic rings. The van der Waals surface area contributed by atoms with Crippen molar-refractivity contribution in [2.24, 2.45) is 0 Å². The minimum absolute atomic E-state index is 0.256. The van der Waals surface area contributed by atoms with Crippen LogP contribution < -0.4 is 0 Å². The topological polar surface area (TPSA) is 36.7 Å². The molecule has 0 atom stereocenters. The highest BCUT2D eigenvalue weighted by molar-refractivity contribution is 7.15. The van der Waals surface area contributed by atoms with Crippen molar-refractivity contribution in [2.45, 2.75) is 19.8 Å². The number of thiazole rings is 1. The van der Waals surface area contributed by atoms with Gasteiger partial charge in [0, 0.05) is 16.9 Å². The Hall–Kier alpha value is -1.73. The van der Waals surface area contributed by atoms with Crippen molar-refractivity contribution in [2.75, 3.05) is 0 Å². The number of aromatic nitrogens is 1. The molecular weight excluding hydrogens is 235 g/mol. The van der Waals surface area contributed by atoms with E-state index >= 15 is 0 Å². The molecule has 0 fully saturated rings. The summed E-state index contributed by atoms with van der Waals surface area (Å²) in [5, 5.41) is 9.25. The summed E-state index contributed by atoms with van der Waals surface area (Å²) in [6, 6.07) is 8.72. The first-order chi connectivity index (χ1) is 8.22. The Morgan fingerprint density at radius 3 is 2.88 bits per heavy atom. The summed E-state index contributed by atoms with van der Waals surface area (Å²) in [4.78, 5) is 5.42. The monoisotopic (exact) mass is 246 g/mol. The van der Waals surface area contributed by atoms with Crippen LogP contribution in [0.3, 0.4) is 0 Å². The summed E-state index contributed by atoms with van der Waals surface area (Å²) in [5.74, 6) is -0.256. The van der Waals surface area contributed by atoms with Crippen molar-refractivity contribution < 1.29 is 4.39 Å². The second kappa shape index (κ2) is 5.07. The molecule has 2 nitrogen and oxygen atoms in total. The van der Waals surface area contributed by atoms with Crippen molar-refractivity contribution in [1.82, 2.24) is 4.98 Å². The quantitative estimate of drug-likeness (QED) is 0.827. The zero-order chi connectivity index (χ0) is 12.3. The molecule has 0 spiro atoms. The van der Waals surface area contributed by atoms with Gasteiger partial charge in [0.25, 0.3) is 0 Å². The van der Waals surface area contributed by atoms with Gasteiger partial charge < -0.3 is 0 Å². The number of hydrogen-bond donors (Lipinski definition) is 0. The average molecular weight is 246 g/mol. The fraction of sp³-hybridized carbons (Fsp3) is 0.231. The van der Waals surface area contributed by atoms with Gasteiger partial charge in [-0.25, -0.2) is 9.37 Å². The van der Waals surface area contributed by atoms with E-state index in [-0.39, 0.29) is 5.82 Å². The van der Waals surface area contributed by atoms with Gasteiger partial charge in [-0.15, -0.1) is 11.3 Å². The molecule has 0 unspecified atom stereocenters. The van der Waals surface area contributed by atoms with E-state index < -0.39 is 0 Å². The van der Waals surface area contributed by atoms with Gasteiger partial charge in [0.05, 0.1) is 11.8 Å². The minimum Gasteiger partial charge on any atom is -0.241 e. The summed E-state index contributed by atoms with van der Waals surface area (Å²) in [6.07, 6.45) is 1.16. The Morgan fingerprint density at radius 2 is 2.18 bits per heavy atom. The van der Waals surface area contributed by atoms with Crippen LogP contribution >= 0.6 is 11.3 Å². The zero-order valence-corrected chi connectivity index (χ0v) is 10.2. The highest BCUT2D eigenvalue weighted by Crippen LogP contribution is 2.30. The maximum atomic E-state index is 13.6. The lowest BCUT2D eigenvalue weighted by Crippen LogP contribution is -1.83. The molecule has 0 N–H and O–H groups in total. The van der Waals surface area contributed by atoms with Gasteiger partial charge in [0.15, 0.2) is 0 Å². The molecule has 0 saturated carbocycles. The third-order valence-corrected chi connectivity index (χ3v) is 3.71. The molecule has 86 valence electrons. The standard InChI is InChI=1S/C13H11FN2S/c1-9-12(7-4-8-15)17-13(16-9)10-5-2-3-6-11(10)14/h2-3,5-6H,4,7H2,1H3. The predicted octanol–water partition coefficient (Wildman–Crippen LogP) is 3.71. The molecule has 0 bridgehead atoms. The fourth-order valence-electron chi connectivity index (χ4n) is 1.58. The largest absolute Gasteiger partial charge is 0.241 e. The first-order valence-electron chi connectivity index (χ1n) is 5.30. The molecule has 0 aliphatic heterocycles. The van der Waals surface area contributed by atoms with E-state index in [9.17, 15) is 4.39 Å². The van der Waals surface area contributed by atoms with Gasteiger partial charge in [-0.1, -0.05) is 12.1 Å². The third kappa shape index (κ3) is 2.51. The van der Waals surface area contributed by atoms with Crippen LogP contribution in [0.1, 0.15) is 17.0 Å².